The first-order valence-corrected chi connectivity index (χ1v) is 7.29. The van der Waals surface area contributed by atoms with Crippen LogP contribution in [0, 0.1) is 11.3 Å². The van der Waals surface area contributed by atoms with Gasteiger partial charge in [0, 0.05) is 10.6 Å². The highest BCUT2D eigenvalue weighted by molar-refractivity contribution is 7.98. The summed E-state index contributed by atoms with van der Waals surface area (Å²) in [4.78, 5) is 8.62. The van der Waals surface area contributed by atoms with Gasteiger partial charge in [-0.25, -0.2) is 9.97 Å². The molecule has 1 aromatic carbocycles. The number of halogens is 1. The third-order valence-electron chi connectivity index (χ3n) is 2.74. The Bertz CT molecular complexity index is 819. The van der Waals surface area contributed by atoms with Gasteiger partial charge in [-0.05, 0) is 30.5 Å². The van der Waals surface area contributed by atoms with E-state index in [-0.39, 0.29) is 0 Å². The first kappa shape index (κ1) is 12.9. The van der Waals surface area contributed by atoms with E-state index in [0.717, 1.165) is 5.56 Å². The number of nitriles is 1. The highest BCUT2D eigenvalue weighted by Crippen LogP contribution is 2.22. The van der Waals surface area contributed by atoms with Crippen molar-refractivity contribution >= 4 is 29.0 Å². The lowest BCUT2D eigenvalue weighted by Crippen LogP contribution is -1.97. The fourth-order valence-corrected chi connectivity index (χ4v) is 2.38. The zero-order valence-corrected chi connectivity index (χ0v) is 12.0. The standard InChI is InChI=1S/C13H8ClN5S/c1-20-13-16-7-9(6-15)12-17-11(18-19(12)13)8-2-4-10(14)5-3-8/h2-5,7H,1H3. The molecule has 0 saturated heterocycles. The van der Waals surface area contributed by atoms with Gasteiger partial charge in [0.15, 0.2) is 16.6 Å². The average molecular weight is 302 g/mol. The largest absolute Gasteiger partial charge is 0.230 e. The van der Waals surface area contributed by atoms with Crippen molar-refractivity contribution < 1.29 is 0 Å². The predicted molar refractivity (Wildman–Crippen MR) is 77.7 cm³/mol. The van der Waals surface area contributed by atoms with Crippen molar-refractivity contribution in [2.75, 3.05) is 6.26 Å². The number of fused-ring (bicyclic) bond motifs is 1. The van der Waals surface area contributed by atoms with Crippen molar-refractivity contribution in [1.29, 1.82) is 5.26 Å². The Morgan fingerprint density at radius 2 is 2.05 bits per heavy atom. The summed E-state index contributed by atoms with van der Waals surface area (Å²) in [5.74, 6) is 0.543. The summed E-state index contributed by atoms with van der Waals surface area (Å²) in [6, 6.07) is 9.32. The van der Waals surface area contributed by atoms with Gasteiger partial charge < -0.3 is 0 Å². The Hall–Kier alpha value is -2.10. The molecule has 0 saturated carbocycles. The quantitative estimate of drug-likeness (QED) is 0.537. The monoisotopic (exact) mass is 301 g/mol. The van der Waals surface area contributed by atoms with Gasteiger partial charge in [-0.3, -0.25) is 0 Å². The van der Waals surface area contributed by atoms with Crippen LogP contribution in [0.5, 0.6) is 0 Å². The van der Waals surface area contributed by atoms with Crippen LogP contribution in [0.25, 0.3) is 17.0 Å². The molecule has 0 aliphatic heterocycles. The van der Waals surface area contributed by atoms with Gasteiger partial charge in [0.25, 0.3) is 0 Å². The molecule has 3 rings (SSSR count). The predicted octanol–water partition coefficient (Wildman–Crippen LogP) is 3.04. The van der Waals surface area contributed by atoms with E-state index in [1.807, 2.05) is 18.4 Å². The van der Waals surface area contributed by atoms with Crippen molar-refractivity contribution in [3.63, 3.8) is 0 Å². The summed E-state index contributed by atoms with van der Waals surface area (Å²) in [5, 5.41) is 14.9. The van der Waals surface area contributed by atoms with E-state index < -0.39 is 0 Å². The third-order valence-corrected chi connectivity index (χ3v) is 3.63. The molecule has 0 N–H and O–H groups in total. The van der Waals surface area contributed by atoms with Crippen molar-refractivity contribution in [2.45, 2.75) is 5.16 Å². The van der Waals surface area contributed by atoms with E-state index in [1.165, 1.54) is 18.0 Å². The van der Waals surface area contributed by atoms with Gasteiger partial charge >= 0.3 is 0 Å². The normalized spacial score (nSPS) is 10.7. The summed E-state index contributed by atoms with van der Waals surface area (Å²) in [6.07, 6.45) is 3.42. The van der Waals surface area contributed by atoms with Crippen LogP contribution in [0.1, 0.15) is 5.56 Å². The average Bonchev–Trinajstić information content (AvgIpc) is 2.92. The van der Waals surface area contributed by atoms with Gasteiger partial charge in [-0.2, -0.15) is 9.78 Å². The molecule has 0 aliphatic carbocycles. The number of hydrogen-bond donors (Lipinski definition) is 0. The molecule has 0 aliphatic rings. The lowest BCUT2D eigenvalue weighted by Gasteiger charge is -1.98. The Morgan fingerprint density at radius 3 is 2.70 bits per heavy atom. The Labute approximate surface area is 124 Å². The maximum atomic E-state index is 9.12. The molecule has 0 bridgehead atoms. The second-order valence-electron chi connectivity index (χ2n) is 3.95. The lowest BCUT2D eigenvalue weighted by molar-refractivity contribution is 0.796. The van der Waals surface area contributed by atoms with Crippen molar-refractivity contribution in [2.24, 2.45) is 0 Å². The second-order valence-corrected chi connectivity index (χ2v) is 5.16. The zero-order chi connectivity index (χ0) is 14.1. The molecule has 20 heavy (non-hydrogen) atoms. The maximum absolute atomic E-state index is 9.12. The Kier molecular flexibility index (Phi) is 3.30. The van der Waals surface area contributed by atoms with Crippen molar-refractivity contribution in [3.8, 4) is 17.5 Å². The zero-order valence-electron chi connectivity index (χ0n) is 10.4. The lowest BCUT2D eigenvalue weighted by atomic mass is 10.2. The molecule has 7 heteroatoms. The minimum absolute atomic E-state index is 0.399. The van der Waals surface area contributed by atoms with Crippen LogP contribution in [0.4, 0.5) is 0 Å². The molecule has 0 spiro atoms. The topological polar surface area (TPSA) is 66.9 Å². The molecular weight excluding hydrogens is 294 g/mol. The third kappa shape index (κ3) is 2.11. The first-order valence-electron chi connectivity index (χ1n) is 5.68. The molecule has 0 atom stereocenters. The fraction of sp³-hybridized carbons (Fsp3) is 0.0769. The highest BCUT2D eigenvalue weighted by Gasteiger charge is 2.13. The molecular formula is C13H8ClN5S. The van der Waals surface area contributed by atoms with Crippen LogP contribution in [0.2, 0.25) is 5.02 Å². The molecule has 0 fully saturated rings. The Balaban J connectivity index is 2.24. The number of rotatable bonds is 2. The summed E-state index contributed by atoms with van der Waals surface area (Å²) >= 11 is 7.32. The Morgan fingerprint density at radius 1 is 1.30 bits per heavy atom. The van der Waals surface area contributed by atoms with Gasteiger partial charge in [-0.15, -0.1) is 5.10 Å². The van der Waals surface area contributed by atoms with E-state index >= 15 is 0 Å². The molecule has 2 heterocycles. The molecule has 0 radical (unpaired) electrons. The van der Waals surface area contributed by atoms with E-state index in [4.69, 9.17) is 16.9 Å². The van der Waals surface area contributed by atoms with Gasteiger partial charge in [0.2, 0.25) is 0 Å². The smallest absolute Gasteiger partial charge is 0.190 e. The van der Waals surface area contributed by atoms with Crippen molar-refractivity contribution in [1.82, 2.24) is 19.6 Å². The van der Waals surface area contributed by atoms with Crippen molar-refractivity contribution in [3.05, 3.63) is 41.0 Å². The first-order chi connectivity index (χ1) is 9.72. The SMILES string of the molecule is CSc1ncc(C#N)c2nc(-c3ccc(Cl)cc3)nn12. The summed E-state index contributed by atoms with van der Waals surface area (Å²) in [6.45, 7) is 0. The van der Waals surface area contributed by atoms with Crippen LogP contribution < -0.4 is 0 Å². The molecule has 2 aromatic heterocycles. The number of nitrogens with zero attached hydrogens (tertiary/aromatic N) is 5. The van der Waals surface area contributed by atoms with Crippen LogP contribution in [-0.4, -0.2) is 25.8 Å². The maximum Gasteiger partial charge on any atom is 0.190 e. The molecule has 3 aromatic rings. The summed E-state index contributed by atoms with van der Waals surface area (Å²) in [7, 11) is 0. The van der Waals surface area contributed by atoms with Crippen LogP contribution in [-0.2, 0) is 0 Å². The van der Waals surface area contributed by atoms with Gasteiger partial charge in [-0.1, -0.05) is 23.4 Å². The van der Waals surface area contributed by atoms with Crippen LogP contribution in [0.3, 0.4) is 0 Å². The van der Waals surface area contributed by atoms with E-state index in [0.29, 0.717) is 27.2 Å². The van der Waals surface area contributed by atoms with E-state index in [1.54, 1.807) is 16.6 Å². The van der Waals surface area contributed by atoms with Crippen LogP contribution >= 0.6 is 23.4 Å². The number of thioether (sulfide) groups is 1. The number of aromatic nitrogens is 4. The number of benzene rings is 1. The minimum Gasteiger partial charge on any atom is -0.230 e. The molecule has 0 amide bonds. The fourth-order valence-electron chi connectivity index (χ4n) is 1.79. The number of hydrogen-bond acceptors (Lipinski definition) is 5. The van der Waals surface area contributed by atoms with E-state index in [9.17, 15) is 0 Å². The van der Waals surface area contributed by atoms with Gasteiger partial charge in [0.1, 0.15) is 11.6 Å². The second kappa shape index (κ2) is 5.12. The molecule has 98 valence electrons. The highest BCUT2D eigenvalue weighted by atomic mass is 35.5. The summed E-state index contributed by atoms with van der Waals surface area (Å²) in [5.41, 5.74) is 1.75. The minimum atomic E-state index is 0.399. The van der Waals surface area contributed by atoms with Gasteiger partial charge in [0.05, 0.1) is 6.20 Å². The molecule has 5 nitrogen and oxygen atoms in total. The van der Waals surface area contributed by atoms with Crippen LogP contribution in [0.15, 0.2) is 35.6 Å². The van der Waals surface area contributed by atoms with E-state index in [2.05, 4.69) is 21.1 Å². The molecule has 0 unspecified atom stereocenters. The summed E-state index contributed by atoms with van der Waals surface area (Å²) < 4.78 is 1.59.